The predicted molar refractivity (Wildman–Crippen MR) is 125 cm³/mol. The molecule has 3 aliphatic rings. The molecule has 1 aromatic rings. The van der Waals surface area contributed by atoms with Gasteiger partial charge in [-0.1, -0.05) is 63.1 Å². The van der Waals surface area contributed by atoms with Crippen molar-refractivity contribution in [3.05, 3.63) is 30.3 Å². The lowest BCUT2D eigenvalue weighted by Gasteiger charge is -2.50. The average molecular weight is 421 g/mol. The highest BCUT2D eigenvalue weighted by atomic mass is 35.5. The Balaban J connectivity index is 0.00000240. The van der Waals surface area contributed by atoms with Crippen LogP contribution in [0.5, 0.6) is 0 Å². The van der Waals surface area contributed by atoms with Crippen molar-refractivity contribution in [1.29, 1.82) is 0 Å². The molecule has 1 spiro atoms. The highest BCUT2D eigenvalue weighted by Gasteiger charge is 2.51. The second-order valence-corrected chi connectivity index (χ2v) is 9.35. The maximum atomic E-state index is 6.04. The Morgan fingerprint density at radius 1 is 0.793 bits per heavy atom. The fraction of sp³-hybridized carbons (Fsp3) is 0.760. The predicted octanol–water partition coefficient (Wildman–Crippen LogP) is 6.06. The summed E-state index contributed by atoms with van der Waals surface area (Å²) in [6.45, 7) is 3.62. The lowest BCUT2D eigenvalue weighted by atomic mass is 9.81. The summed E-state index contributed by atoms with van der Waals surface area (Å²) in [6, 6.07) is 11.9. The summed E-state index contributed by atoms with van der Waals surface area (Å²) in [5.74, 6) is 0. The first kappa shape index (κ1) is 22.9. The molecule has 2 saturated heterocycles. The maximum Gasteiger partial charge on any atom is 0.0820 e. The molecule has 0 N–H and O–H groups in total. The zero-order valence-corrected chi connectivity index (χ0v) is 19.2. The number of ether oxygens (including phenoxy) is 1. The van der Waals surface area contributed by atoms with Gasteiger partial charge >= 0.3 is 0 Å². The van der Waals surface area contributed by atoms with E-state index in [1.54, 1.807) is 0 Å². The summed E-state index contributed by atoms with van der Waals surface area (Å²) in [4.78, 5) is 5.53. The molecule has 3 fully saturated rings. The van der Waals surface area contributed by atoms with Crippen molar-refractivity contribution in [2.75, 3.05) is 31.6 Å². The first-order valence-electron chi connectivity index (χ1n) is 11.9. The van der Waals surface area contributed by atoms with Gasteiger partial charge in [-0.25, -0.2) is 0 Å². The van der Waals surface area contributed by atoms with Crippen LogP contribution in [-0.4, -0.2) is 49.3 Å². The van der Waals surface area contributed by atoms with Crippen LogP contribution in [0.1, 0.15) is 77.0 Å². The van der Waals surface area contributed by atoms with Crippen molar-refractivity contribution in [2.24, 2.45) is 0 Å². The smallest absolute Gasteiger partial charge is 0.0820 e. The molecule has 164 valence electrons. The Hall–Kier alpha value is -0.770. The molecular weight excluding hydrogens is 380 g/mol. The third-order valence-corrected chi connectivity index (χ3v) is 7.86. The summed E-state index contributed by atoms with van der Waals surface area (Å²) in [6.07, 6.45) is 17.0. The number of para-hydroxylation sites is 1. The summed E-state index contributed by atoms with van der Waals surface area (Å²) >= 11 is 0. The molecule has 1 saturated carbocycles. The molecule has 1 aromatic carbocycles. The third kappa shape index (κ3) is 5.11. The number of anilines is 1. The van der Waals surface area contributed by atoms with Crippen LogP contribution in [0.2, 0.25) is 0 Å². The van der Waals surface area contributed by atoms with Crippen molar-refractivity contribution >= 4 is 18.1 Å². The Morgan fingerprint density at radius 2 is 1.38 bits per heavy atom. The number of methoxy groups -OCH3 is 1. The molecule has 29 heavy (non-hydrogen) atoms. The van der Waals surface area contributed by atoms with E-state index in [9.17, 15) is 0 Å². The van der Waals surface area contributed by atoms with E-state index in [-0.39, 0.29) is 17.9 Å². The van der Waals surface area contributed by atoms with E-state index in [2.05, 4.69) is 40.1 Å². The van der Waals surface area contributed by atoms with E-state index in [0.29, 0.717) is 6.10 Å². The Morgan fingerprint density at radius 3 is 1.97 bits per heavy atom. The summed E-state index contributed by atoms with van der Waals surface area (Å²) in [5, 5.41) is 0. The van der Waals surface area contributed by atoms with Crippen molar-refractivity contribution < 1.29 is 4.74 Å². The molecule has 1 aliphatic carbocycles. The monoisotopic (exact) mass is 420 g/mol. The second kappa shape index (κ2) is 11.0. The largest absolute Gasteiger partial charge is 0.379 e. The van der Waals surface area contributed by atoms with E-state index in [1.165, 1.54) is 89.4 Å². The first-order chi connectivity index (χ1) is 13.8. The topological polar surface area (TPSA) is 15.7 Å². The first-order valence-corrected chi connectivity index (χ1v) is 11.9. The lowest BCUT2D eigenvalue weighted by Crippen LogP contribution is -2.59. The Bertz CT molecular complexity index is 578. The number of nitrogens with zero attached hydrogens (tertiary/aromatic N) is 2. The maximum absolute atomic E-state index is 6.04. The molecule has 0 radical (unpaired) electrons. The highest BCUT2D eigenvalue weighted by Crippen LogP contribution is 2.43. The minimum atomic E-state index is 0. The van der Waals surface area contributed by atoms with Gasteiger partial charge in [0.15, 0.2) is 0 Å². The Labute approximate surface area is 184 Å². The molecule has 1 atom stereocenters. The van der Waals surface area contributed by atoms with E-state index in [4.69, 9.17) is 4.74 Å². The number of hydrogen-bond donors (Lipinski definition) is 0. The molecule has 0 amide bonds. The van der Waals surface area contributed by atoms with Gasteiger partial charge in [0.1, 0.15) is 0 Å². The average Bonchev–Trinajstić information content (AvgIpc) is 3.10. The van der Waals surface area contributed by atoms with E-state index in [0.717, 1.165) is 19.0 Å². The van der Waals surface area contributed by atoms with Gasteiger partial charge in [-0.05, 0) is 44.2 Å². The third-order valence-electron chi connectivity index (χ3n) is 7.86. The SMILES string of the molecule is COC1CCN(c2ccccc2)C12CCN(C1CCCCCCCCC1)CC2.Cl. The molecule has 4 rings (SSSR count). The van der Waals surface area contributed by atoms with Crippen LogP contribution in [0.3, 0.4) is 0 Å². The molecule has 0 aromatic heterocycles. The zero-order chi connectivity index (χ0) is 19.2. The van der Waals surface area contributed by atoms with E-state index < -0.39 is 0 Å². The van der Waals surface area contributed by atoms with Gasteiger partial charge in [-0.3, -0.25) is 0 Å². The fourth-order valence-corrected chi connectivity index (χ4v) is 6.26. The Kier molecular flexibility index (Phi) is 8.70. The van der Waals surface area contributed by atoms with Crippen LogP contribution in [0, 0.1) is 0 Å². The van der Waals surface area contributed by atoms with E-state index >= 15 is 0 Å². The lowest BCUT2D eigenvalue weighted by molar-refractivity contribution is 0.00977. The number of hydrogen-bond acceptors (Lipinski definition) is 3. The number of benzene rings is 1. The summed E-state index contributed by atoms with van der Waals surface area (Å²) < 4.78 is 6.04. The van der Waals surface area contributed by atoms with Crippen molar-refractivity contribution in [1.82, 2.24) is 4.90 Å². The molecular formula is C25H41ClN2O. The van der Waals surface area contributed by atoms with Gasteiger partial charge in [-0.15, -0.1) is 12.4 Å². The van der Waals surface area contributed by atoms with Gasteiger partial charge < -0.3 is 14.5 Å². The highest BCUT2D eigenvalue weighted by molar-refractivity contribution is 5.85. The molecule has 2 heterocycles. The van der Waals surface area contributed by atoms with Crippen molar-refractivity contribution in [3.63, 3.8) is 0 Å². The summed E-state index contributed by atoms with van der Waals surface area (Å²) in [5.41, 5.74) is 1.58. The number of halogens is 1. The van der Waals surface area contributed by atoms with Gasteiger partial charge in [0.2, 0.25) is 0 Å². The number of likely N-dealkylation sites (tertiary alicyclic amines) is 1. The van der Waals surface area contributed by atoms with Crippen molar-refractivity contribution in [2.45, 2.75) is 94.7 Å². The fourth-order valence-electron chi connectivity index (χ4n) is 6.26. The normalized spacial score (nSPS) is 26.9. The van der Waals surface area contributed by atoms with Gasteiger partial charge in [0.25, 0.3) is 0 Å². The second-order valence-electron chi connectivity index (χ2n) is 9.35. The number of piperidine rings is 1. The molecule has 2 aliphatic heterocycles. The summed E-state index contributed by atoms with van der Waals surface area (Å²) in [7, 11) is 1.93. The van der Waals surface area contributed by atoms with Crippen LogP contribution in [0.4, 0.5) is 5.69 Å². The van der Waals surface area contributed by atoms with Gasteiger partial charge in [0, 0.05) is 38.5 Å². The standard InChI is InChI=1S/C25H40N2O.ClH/c1-28-24-16-19-27(23-14-10-7-11-15-23)25(24)17-20-26(21-18-25)22-12-8-5-3-2-4-6-9-13-22;/h7,10-11,14-15,22,24H,2-6,8-9,12-13,16-21H2,1H3;1H. The van der Waals surface area contributed by atoms with Gasteiger partial charge in [0.05, 0.1) is 11.6 Å². The van der Waals surface area contributed by atoms with E-state index in [1.807, 2.05) is 7.11 Å². The van der Waals surface area contributed by atoms with Crippen LogP contribution >= 0.6 is 12.4 Å². The van der Waals surface area contributed by atoms with Crippen LogP contribution in [0.25, 0.3) is 0 Å². The minimum Gasteiger partial charge on any atom is -0.379 e. The molecule has 3 nitrogen and oxygen atoms in total. The molecule has 4 heteroatoms. The van der Waals surface area contributed by atoms with Crippen LogP contribution in [-0.2, 0) is 4.74 Å². The minimum absolute atomic E-state index is 0. The molecule has 0 bridgehead atoms. The van der Waals surface area contributed by atoms with Crippen LogP contribution < -0.4 is 4.90 Å². The van der Waals surface area contributed by atoms with Gasteiger partial charge in [-0.2, -0.15) is 0 Å². The quantitative estimate of drug-likeness (QED) is 0.590. The van der Waals surface area contributed by atoms with Crippen LogP contribution in [0.15, 0.2) is 30.3 Å². The molecule has 1 unspecified atom stereocenters. The zero-order valence-electron chi connectivity index (χ0n) is 18.4. The van der Waals surface area contributed by atoms with Crippen molar-refractivity contribution in [3.8, 4) is 0 Å². The number of rotatable bonds is 3.